The third kappa shape index (κ3) is 12.1. The van der Waals surface area contributed by atoms with E-state index in [1.165, 1.54) is 0 Å². The molecule has 0 aromatic carbocycles. The first-order valence-corrected chi connectivity index (χ1v) is 11.6. The van der Waals surface area contributed by atoms with Gasteiger partial charge in [0.2, 0.25) is 0 Å². The normalized spacial score (nSPS) is 28.8. The number of hydrogen-bond donors (Lipinski definition) is 4. The van der Waals surface area contributed by atoms with E-state index in [-0.39, 0.29) is 13.2 Å². The molecule has 0 aromatic heterocycles. The van der Waals surface area contributed by atoms with Crippen molar-refractivity contribution in [3.05, 3.63) is 0 Å². The van der Waals surface area contributed by atoms with Gasteiger partial charge in [-0.1, -0.05) is 0 Å². The lowest BCUT2D eigenvalue weighted by molar-refractivity contribution is 0.0419. The fourth-order valence-electron chi connectivity index (χ4n) is 2.10. The minimum Gasteiger partial charge on any atom is -0.410 e. The summed E-state index contributed by atoms with van der Waals surface area (Å²) in [6, 6.07) is 0. The summed E-state index contributed by atoms with van der Waals surface area (Å²) in [4.78, 5) is 0. The maximum absolute atomic E-state index is 9.89. The van der Waals surface area contributed by atoms with Crippen molar-refractivity contribution in [2.24, 2.45) is 0 Å². The van der Waals surface area contributed by atoms with Gasteiger partial charge in [-0.3, -0.25) is 0 Å². The van der Waals surface area contributed by atoms with Crippen LogP contribution in [0.15, 0.2) is 0 Å². The van der Waals surface area contributed by atoms with Gasteiger partial charge in [-0.05, 0) is 25.9 Å². The lowest BCUT2D eigenvalue weighted by Gasteiger charge is -2.20. The van der Waals surface area contributed by atoms with Crippen LogP contribution in [0.5, 0.6) is 0 Å². The molecule has 0 bridgehead atoms. The molecule has 1 aliphatic rings. The minimum atomic E-state index is -1.65. The molecule has 1 saturated heterocycles. The molecule has 1 rings (SSSR count). The van der Waals surface area contributed by atoms with E-state index in [1.807, 2.05) is 0 Å². The molecular weight excluding hydrogens is 364 g/mol. The van der Waals surface area contributed by atoms with Crippen LogP contribution >= 0.6 is 0 Å². The third-order valence-corrected chi connectivity index (χ3v) is 7.07. The smallest absolute Gasteiger partial charge is 0.403 e. The fraction of sp³-hybridized carbons (Fsp3) is 1.00. The summed E-state index contributed by atoms with van der Waals surface area (Å²) in [5.41, 5.74) is 0. The Bertz CT molecular complexity index is 293. The van der Waals surface area contributed by atoms with Crippen molar-refractivity contribution in [2.45, 2.75) is 25.0 Å². The van der Waals surface area contributed by atoms with Crippen molar-refractivity contribution >= 4 is 18.6 Å². The summed E-state index contributed by atoms with van der Waals surface area (Å²) < 4.78 is 27.4. The van der Waals surface area contributed by atoms with Crippen LogP contribution in [0.25, 0.3) is 0 Å². The van der Waals surface area contributed by atoms with Crippen molar-refractivity contribution < 1.29 is 32.7 Å². The molecule has 11 heteroatoms. The first-order valence-electron chi connectivity index (χ1n) is 8.56. The highest BCUT2D eigenvalue weighted by molar-refractivity contribution is 6.59. The number of rotatable bonds is 2. The summed E-state index contributed by atoms with van der Waals surface area (Å²) >= 11 is 0. The van der Waals surface area contributed by atoms with Crippen molar-refractivity contribution in [3.63, 3.8) is 0 Å². The molecule has 25 heavy (non-hydrogen) atoms. The summed E-state index contributed by atoms with van der Waals surface area (Å²) in [5, 5.41) is 26.2. The zero-order chi connectivity index (χ0) is 18.3. The molecule has 2 unspecified atom stereocenters. The van der Waals surface area contributed by atoms with E-state index in [1.54, 1.807) is 14.2 Å². The largest absolute Gasteiger partial charge is 0.410 e. The number of β-amino-alcohol motifs (C(OH)–C–C–N with tert-alkyl or cyclic N) is 2. The predicted molar refractivity (Wildman–Crippen MR) is 95.2 cm³/mol. The minimum absolute atomic E-state index is 0.229. The van der Waals surface area contributed by atoms with Crippen molar-refractivity contribution in [2.75, 3.05) is 66.1 Å². The van der Waals surface area contributed by atoms with Crippen molar-refractivity contribution in [1.82, 2.24) is 10.6 Å². The predicted octanol–water partition coefficient (Wildman–Crippen LogP) is -1.92. The van der Waals surface area contributed by atoms with Gasteiger partial charge in [-0.15, -0.1) is 0 Å². The Morgan fingerprint density at radius 2 is 1.28 bits per heavy atom. The molecule has 1 heterocycles. The highest BCUT2D eigenvalue weighted by atomic mass is 28.4. The molecular formula is C14H32N2O7Si2. The highest BCUT2D eigenvalue weighted by Gasteiger charge is 2.25. The van der Waals surface area contributed by atoms with Gasteiger partial charge in [0, 0.05) is 27.3 Å². The molecule has 1 fully saturated rings. The van der Waals surface area contributed by atoms with Gasteiger partial charge in [0.1, 0.15) is 0 Å². The molecule has 2 atom stereocenters. The second kappa shape index (κ2) is 15.2. The number of hydrogen-bond acceptors (Lipinski definition) is 9. The molecule has 0 saturated carbocycles. The molecule has 0 spiro atoms. The second-order valence-corrected chi connectivity index (χ2v) is 9.41. The van der Waals surface area contributed by atoms with Gasteiger partial charge in [-0.25, -0.2) is 0 Å². The van der Waals surface area contributed by atoms with Crippen LogP contribution in [0.3, 0.4) is 0 Å². The van der Waals surface area contributed by atoms with E-state index in [0.717, 1.165) is 25.9 Å². The summed E-state index contributed by atoms with van der Waals surface area (Å²) in [5.74, 6) is 0. The van der Waals surface area contributed by atoms with E-state index >= 15 is 0 Å². The molecule has 4 N–H and O–H groups in total. The average molecular weight is 397 g/mol. The number of aliphatic hydroxyl groups is 2. The fourth-order valence-corrected chi connectivity index (χ4v) is 5.06. The van der Waals surface area contributed by atoms with Crippen LogP contribution in [0.4, 0.5) is 0 Å². The lowest BCUT2D eigenvalue weighted by atomic mass is 10.3. The monoisotopic (exact) mass is 396 g/mol. The Balaban J connectivity index is 2.45. The second-order valence-electron chi connectivity index (χ2n) is 5.71. The average Bonchev–Trinajstić information content (AvgIpc) is 2.61. The Hall–Kier alpha value is 0.0738. The number of ether oxygens (including phenoxy) is 2. The van der Waals surface area contributed by atoms with Gasteiger partial charge >= 0.3 is 18.6 Å². The quantitative estimate of drug-likeness (QED) is 0.397. The van der Waals surface area contributed by atoms with E-state index in [0.29, 0.717) is 25.5 Å². The standard InChI is InChI=1S/C14H32N2O7Si2/c1-19-24-11-21-9-13(17)7-15-5-3-4-6-16-8-14(18)10-22-12-25(20-2)23-24/h13-18H,3-12H2,1-2H3. The number of aliphatic hydroxyl groups excluding tert-OH is 2. The maximum atomic E-state index is 9.89. The van der Waals surface area contributed by atoms with Gasteiger partial charge < -0.3 is 43.3 Å². The Kier molecular flexibility index (Phi) is 14.0. The summed E-state index contributed by atoms with van der Waals surface area (Å²) in [7, 11) is -0.175. The molecule has 0 amide bonds. The van der Waals surface area contributed by atoms with Crippen LogP contribution in [0.2, 0.25) is 0 Å². The van der Waals surface area contributed by atoms with Crippen LogP contribution in [0.1, 0.15) is 12.8 Å². The maximum Gasteiger partial charge on any atom is 0.403 e. The Labute approximate surface area is 153 Å². The van der Waals surface area contributed by atoms with Gasteiger partial charge in [0.05, 0.1) is 37.9 Å². The molecule has 0 aromatic rings. The molecule has 148 valence electrons. The van der Waals surface area contributed by atoms with Crippen LogP contribution < -0.4 is 10.6 Å². The molecule has 1 aliphatic heterocycles. The van der Waals surface area contributed by atoms with Crippen molar-refractivity contribution in [1.29, 1.82) is 0 Å². The van der Waals surface area contributed by atoms with E-state index in [2.05, 4.69) is 10.6 Å². The molecule has 0 aliphatic carbocycles. The number of nitrogens with one attached hydrogen (secondary N) is 2. The summed E-state index contributed by atoms with van der Waals surface area (Å²) in [6.07, 6.45) is 1.46. The highest BCUT2D eigenvalue weighted by Crippen LogP contribution is 1.98. The van der Waals surface area contributed by atoms with Gasteiger partial charge in [0.15, 0.2) is 0 Å². The zero-order valence-corrected chi connectivity index (χ0v) is 17.2. The van der Waals surface area contributed by atoms with Gasteiger partial charge in [0.25, 0.3) is 0 Å². The van der Waals surface area contributed by atoms with Crippen LogP contribution in [-0.4, -0.2) is 107 Å². The van der Waals surface area contributed by atoms with Crippen LogP contribution in [-0.2, 0) is 22.4 Å². The zero-order valence-electron chi connectivity index (χ0n) is 15.2. The Morgan fingerprint density at radius 3 is 1.68 bits per heavy atom. The van der Waals surface area contributed by atoms with E-state index < -0.39 is 30.8 Å². The SMILES string of the molecule is CO[Si]1COCC(O)CNCCCCNCC(O)COC[Si](OC)O1. The Morgan fingerprint density at radius 1 is 0.840 bits per heavy atom. The lowest BCUT2D eigenvalue weighted by Crippen LogP contribution is -2.41. The van der Waals surface area contributed by atoms with Crippen LogP contribution in [0, 0.1) is 0 Å². The third-order valence-electron chi connectivity index (χ3n) is 3.46. The topological polar surface area (TPSA) is 111 Å². The van der Waals surface area contributed by atoms with Gasteiger partial charge in [-0.2, -0.15) is 0 Å². The molecule has 2 radical (unpaired) electrons. The first kappa shape index (κ1) is 23.1. The first-order chi connectivity index (χ1) is 12.2. The van der Waals surface area contributed by atoms with E-state index in [9.17, 15) is 10.2 Å². The van der Waals surface area contributed by atoms with Crippen molar-refractivity contribution in [3.8, 4) is 0 Å². The molecule has 9 nitrogen and oxygen atoms in total. The van der Waals surface area contributed by atoms with E-state index in [4.69, 9.17) is 22.4 Å². The summed E-state index contributed by atoms with van der Waals surface area (Å²) in [6.45, 7) is 3.10.